The second kappa shape index (κ2) is 17.9. The molecule has 0 atom stereocenters. The van der Waals surface area contributed by atoms with Crippen molar-refractivity contribution in [2.24, 2.45) is 5.73 Å². The number of nitrogens with two attached hydrogens (primary N) is 1. The summed E-state index contributed by atoms with van der Waals surface area (Å²) < 4.78 is 10.6. The maximum Gasteiger partial charge on any atom is 0.410 e. The van der Waals surface area contributed by atoms with E-state index in [1.807, 2.05) is 41.5 Å². The number of halogens is 1. The minimum atomic E-state index is -0.494. The number of ether oxygens (including phenoxy) is 2. The molecule has 17 heteroatoms. The minimum absolute atomic E-state index is 0.00519. The molecule has 0 radical (unpaired) electrons. The Hall–Kier alpha value is -4.31. The van der Waals surface area contributed by atoms with Crippen molar-refractivity contribution in [2.75, 3.05) is 31.5 Å². The Labute approximate surface area is 292 Å². The van der Waals surface area contributed by atoms with Gasteiger partial charge in [-0.25, -0.2) is 19.6 Å². The summed E-state index contributed by atoms with van der Waals surface area (Å²) in [5.74, 6) is 0.619. The molecule has 2 amide bonds. The van der Waals surface area contributed by atoms with E-state index in [4.69, 9.17) is 26.8 Å². The van der Waals surface area contributed by atoms with Crippen LogP contribution in [-0.4, -0.2) is 91.3 Å². The Morgan fingerprint density at radius 1 is 0.816 bits per heavy atom. The Bertz CT molecular complexity index is 1450. The summed E-state index contributed by atoms with van der Waals surface area (Å²) in [5, 5.41) is 24.6. The van der Waals surface area contributed by atoms with E-state index >= 15 is 0 Å². The summed E-state index contributed by atoms with van der Waals surface area (Å²) in [5.41, 5.74) is 5.95. The Morgan fingerprint density at radius 2 is 1.22 bits per heavy atom. The van der Waals surface area contributed by atoms with Crippen LogP contribution in [0.25, 0.3) is 0 Å². The minimum Gasteiger partial charge on any atom is -0.444 e. The summed E-state index contributed by atoms with van der Waals surface area (Å²) in [7, 11) is 0. The number of nitrogens with zero attached hydrogens (tertiary/aromatic N) is 6. The van der Waals surface area contributed by atoms with Gasteiger partial charge in [-0.3, -0.25) is 20.2 Å². The van der Waals surface area contributed by atoms with Crippen LogP contribution in [0.5, 0.6) is 0 Å². The molecule has 0 aliphatic carbocycles. The van der Waals surface area contributed by atoms with Crippen LogP contribution in [0.1, 0.15) is 78.4 Å². The SMILES string of the molecule is CC(C)(C)OC(=O)N1CCC(N)CC1.Cc1cc(Cl)ncc1[N+](=O)[O-].Cc1cc(NC2CCN(C(=O)OC(C)(C)C)CC2)ncc1[N+](=O)[O-]. The molecule has 2 aromatic heterocycles. The number of aromatic nitrogens is 2. The van der Waals surface area contributed by atoms with E-state index in [0.717, 1.165) is 45.0 Å². The van der Waals surface area contributed by atoms with E-state index in [1.165, 1.54) is 12.3 Å². The van der Waals surface area contributed by atoms with E-state index in [9.17, 15) is 29.8 Å². The van der Waals surface area contributed by atoms with Crippen LogP contribution < -0.4 is 11.1 Å². The van der Waals surface area contributed by atoms with Crippen LogP contribution in [0.4, 0.5) is 26.8 Å². The highest BCUT2D eigenvalue weighted by molar-refractivity contribution is 6.29. The monoisotopic (exact) mass is 708 g/mol. The standard InChI is InChI=1S/C16H24N4O4.C10H20N2O2.C6H5ClN2O2/c1-11-9-14(17-10-13(11)20(22)23)18-12-5-7-19(8-6-12)15(21)24-16(2,3)4;1-10(2,3)14-9(13)12-6-4-8(11)5-7-12;1-4-2-6(7)8-3-5(4)9(10)11/h9-10,12H,5-8H2,1-4H3,(H,17,18);8H,4-7,11H2,1-3H3;2-3H,1H3. The molecule has 2 aliphatic rings. The lowest BCUT2D eigenvalue weighted by Crippen LogP contribution is -2.44. The van der Waals surface area contributed by atoms with Crippen molar-refractivity contribution in [3.05, 3.63) is 61.0 Å². The average Bonchev–Trinajstić information content (AvgIpc) is 2.96. The van der Waals surface area contributed by atoms with Crippen molar-refractivity contribution < 1.29 is 28.9 Å². The van der Waals surface area contributed by atoms with Crippen LogP contribution in [-0.2, 0) is 9.47 Å². The van der Waals surface area contributed by atoms with Crippen LogP contribution in [0.3, 0.4) is 0 Å². The normalized spacial score (nSPS) is 15.6. The summed E-state index contributed by atoms with van der Waals surface area (Å²) >= 11 is 5.49. The van der Waals surface area contributed by atoms with Gasteiger partial charge in [-0.05, 0) is 93.2 Å². The van der Waals surface area contributed by atoms with Gasteiger partial charge in [0.1, 0.15) is 34.6 Å². The molecule has 2 aliphatic heterocycles. The molecule has 0 bridgehead atoms. The molecular weight excluding hydrogens is 660 g/mol. The third-order valence-electron chi connectivity index (χ3n) is 7.22. The summed E-state index contributed by atoms with van der Waals surface area (Å²) in [6.07, 6.45) is 5.21. The number of pyridine rings is 2. The van der Waals surface area contributed by atoms with E-state index in [2.05, 4.69) is 15.3 Å². The number of carbonyl (C=O) groups excluding carboxylic acids is 2. The molecule has 272 valence electrons. The smallest absolute Gasteiger partial charge is 0.410 e. The summed E-state index contributed by atoms with van der Waals surface area (Å²) in [6, 6.07) is 3.56. The predicted octanol–water partition coefficient (Wildman–Crippen LogP) is 6.41. The number of aryl methyl sites for hydroxylation is 2. The highest BCUT2D eigenvalue weighted by Gasteiger charge is 2.28. The van der Waals surface area contributed by atoms with Gasteiger partial charge in [0.15, 0.2) is 0 Å². The van der Waals surface area contributed by atoms with E-state index in [-0.39, 0.29) is 40.8 Å². The first kappa shape index (κ1) is 40.9. The topological polar surface area (TPSA) is 209 Å². The van der Waals surface area contributed by atoms with Crippen molar-refractivity contribution in [2.45, 2.75) is 104 Å². The lowest BCUT2D eigenvalue weighted by atomic mass is 10.1. The van der Waals surface area contributed by atoms with Gasteiger partial charge in [0.05, 0.1) is 9.85 Å². The van der Waals surface area contributed by atoms with E-state index < -0.39 is 21.0 Å². The number of hydrogen-bond donors (Lipinski definition) is 2. The van der Waals surface area contributed by atoms with Gasteiger partial charge >= 0.3 is 12.2 Å². The van der Waals surface area contributed by atoms with Gasteiger partial charge in [0.25, 0.3) is 11.4 Å². The first-order chi connectivity index (χ1) is 22.6. The van der Waals surface area contributed by atoms with E-state index in [1.54, 1.807) is 29.7 Å². The fourth-order valence-corrected chi connectivity index (χ4v) is 4.89. The van der Waals surface area contributed by atoms with Crippen molar-refractivity contribution in [1.29, 1.82) is 0 Å². The summed E-state index contributed by atoms with van der Waals surface area (Å²) in [6.45, 7) is 17.1. The molecule has 0 unspecified atom stereocenters. The van der Waals surface area contributed by atoms with Crippen LogP contribution >= 0.6 is 11.6 Å². The van der Waals surface area contributed by atoms with Gasteiger partial charge < -0.3 is 30.3 Å². The number of likely N-dealkylation sites (tertiary alicyclic amines) is 2. The highest BCUT2D eigenvalue weighted by Crippen LogP contribution is 2.22. The quantitative estimate of drug-likeness (QED) is 0.201. The number of hydrogen-bond acceptors (Lipinski definition) is 12. The number of anilines is 1. The molecule has 4 rings (SSSR count). The van der Waals surface area contributed by atoms with Crippen LogP contribution in [0.15, 0.2) is 24.5 Å². The lowest BCUT2D eigenvalue weighted by Gasteiger charge is -2.33. The zero-order valence-corrected chi connectivity index (χ0v) is 30.3. The molecule has 3 N–H and O–H groups in total. The molecule has 2 aromatic rings. The second-order valence-corrected chi connectivity index (χ2v) is 14.2. The molecule has 49 heavy (non-hydrogen) atoms. The van der Waals surface area contributed by atoms with Gasteiger partial charge in [0, 0.05) is 49.4 Å². The van der Waals surface area contributed by atoms with Crippen molar-refractivity contribution in [3.63, 3.8) is 0 Å². The molecule has 2 fully saturated rings. The first-order valence-electron chi connectivity index (χ1n) is 16.0. The van der Waals surface area contributed by atoms with Crippen molar-refractivity contribution in [3.8, 4) is 0 Å². The highest BCUT2D eigenvalue weighted by atomic mass is 35.5. The largest absolute Gasteiger partial charge is 0.444 e. The fraction of sp³-hybridized carbons (Fsp3) is 0.625. The Balaban J connectivity index is 0.000000282. The number of rotatable bonds is 4. The number of nitro groups is 2. The van der Waals surface area contributed by atoms with Gasteiger partial charge in [-0.15, -0.1) is 0 Å². The number of amides is 2. The summed E-state index contributed by atoms with van der Waals surface area (Å²) in [4.78, 5) is 54.9. The van der Waals surface area contributed by atoms with Gasteiger partial charge in [-0.1, -0.05) is 11.6 Å². The molecular formula is C32H49ClN8O8. The Morgan fingerprint density at radius 3 is 1.61 bits per heavy atom. The molecule has 0 aromatic carbocycles. The van der Waals surface area contributed by atoms with Gasteiger partial charge in [-0.2, -0.15) is 0 Å². The maximum atomic E-state index is 12.0. The fourth-order valence-electron chi connectivity index (χ4n) is 4.68. The van der Waals surface area contributed by atoms with Gasteiger partial charge in [0.2, 0.25) is 0 Å². The van der Waals surface area contributed by atoms with Crippen molar-refractivity contribution in [1.82, 2.24) is 19.8 Å². The predicted molar refractivity (Wildman–Crippen MR) is 186 cm³/mol. The average molecular weight is 709 g/mol. The van der Waals surface area contributed by atoms with Crippen molar-refractivity contribution >= 4 is 41.0 Å². The third-order valence-corrected chi connectivity index (χ3v) is 7.42. The molecule has 0 spiro atoms. The first-order valence-corrected chi connectivity index (χ1v) is 16.4. The molecule has 2 saturated heterocycles. The maximum absolute atomic E-state index is 12.0. The lowest BCUT2D eigenvalue weighted by molar-refractivity contribution is -0.385. The zero-order chi connectivity index (χ0) is 37.1. The number of nitrogens with one attached hydrogen (secondary N) is 1. The number of carbonyl (C=O) groups is 2. The molecule has 0 saturated carbocycles. The molecule has 16 nitrogen and oxygen atoms in total. The zero-order valence-electron chi connectivity index (χ0n) is 29.5. The second-order valence-electron chi connectivity index (χ2n) is 13.9. The number of piperidine rings is 2. The van der Waals surface area contributed by atoms with Crippen LogP contribution in [0, 0.1) is 34.1 Å². The van der Waals surface area contributed by atoms with Crippen LogP contribution in [0.2, 0.25) is 5.15 Å². The molecule has 4 heterocycles. The Kier molecular flexibility index (Phi) is 14.9. The third kappa shape index (κ3) is 14.8. The van der Waals surface area contributed by atoms with E-state index in [0.29, 0.717) is 30.0 Å².